The van der Waals surface area contributed by atoms with E-state index in [-0.39, 0.29) is 18.3 Å². The van der Waals surface area contributed by atoms with E-state index in [4.69, 9.17) is 0 Å². The van der Waals surface area contributed by atoms with Crippen molar-refractivity contribution in [3.05, 3.63) is 17.8 Å². The van der Waals surface area contributed by atoms with Gasteiger partial charge in [-0.3, -0.25) is 9.52 Å². The van der Waals surface area contributed by atoms with Crippen molar-refractivity contribution in [1.29, 1.82) is 0 Å². The number of nitrogens with zero attached hydrogens (tertiary/aromatic N) is 4. The maximum absolute atomic E-state index is 11.6. The lowest BCUT2D eigenvalue weighted by molar-refractivity contribution is -0.117. The van der Waals surface area contributed by atoms with Crippen molar-refractivity contribution in [3.8, 4) is 0 Å². The molecule has 11 heteroatoms. The number of hydrogen-bond donors (Lipinski definition) is 2. The minimum Gasteiger partial charge on any atom is -0.300 e. The van der Waals surface area contributed by atoms with Gasteiger partial charge in [-0.2, -0.15) is 9.90 Å². The molecule has 0 atom stereocenters. The summed E-state index contributed by atoms with van der Waals surface area (Å²) in [7, 11) is -3.41. The Bertz CT molecular complexity index is 662. The quantitative estimate of drug-likeness (QED) is 0.785. The summed E-state index contributed by atoms with van der Waals surface area (Å²) in [6.45, 7) is -0.134. The zero-order valence-corrected chi connectivity index (χ0v) is 11.4. The number of aromatic nitrogens is 4. The monoisotopic (exact) mass is 302 g/mol. The van der Waals surface area contributed by atoms with Gasteiger partial charge >= 0.3 is 0 Å². The van der Waals surface area contributed by atoms with Crippen LogP contribution in [0.3, 0.4) is 0 Å². The van der Waals surface area contributed by atoms with E-state index >= 15 is 0 Å². The fraction of sp³-hybridized carbons (Fsp3) is 0.250. The molecular formula is C8H10N6O3S2. The molecule has 0 aliphatic rings. The number of sulfonamides is 1. The molecule has 2 aromatic heterocycles. The lowest BCUT2D eigenvalue weighted by atomic mass is 10.6. The number of thiazole rings is 1. The van der Waals surface area contributed by atoms with Gasteiger partial charge in [-0.15, -0.1) is 16.4 Å². The van der Waals surface area contributed by atoms with Gasteiger partial charge in [0.1, 0.15) is 6.54 Å². The number of rotatable bonds is 5. The van der Waals surface area contributed by atoms with Crippen LogP contribution in [0.15, 0.2) is 17.8 Å². The van der Waals surface area contributed by atoms with Crippen molar-refractivity contribution >= 4 is 38.2 Å². The van der Waals surface area contributed by atoms with Crippen molar-refractivity contribution in [2.45, 2.75) is 6.54 Å². The zero-order valence-electron chi connectivity index (χ0n) is 9.77. The molecule has 0 bridgehead atoms. The standard InChI is InChI=1S/C8H10N6O3S2/c1-19(16,17)13-6-4-10-14(12-6)5-7(15)11-8-9-2-3-18-8/h2-4H,5H2,1H3,(H,12,13)(H,9,11,15). The SMILES string of the molecule is CS(=O)(=O)Nc1cnn(CC(=O)Nc2nccs2)n1. The van der Waals surface area contributed by atoms with Gasteiger partial charge in [0.05, 0.1) is 12.5 Å². The van der Waals surface area contributed by atoms with Crippen LogP contribution in [0.5, 0.6) is 0 Å². The largest absolute Gasteiger partial charge is 0.300 e. The summed E-state index contributed by atoms with van der Waals surface area (Å²) >= 11 is 1.29. The first-order valence-corrected chi connectivity index (χ1v) is 7.77. The molecule has 0 aromatic carbocycles. The third-order valence-electron chi connectivity index (χ3n) is 1.79. The topological polar surface area (TPSA) is 119 Å². The maximum Gasteiger partial charge on any atom is 0.249 e. The lowest BCUT2D eigenvalue weighted by Crippen LogP contribution is -2.20. The average molecular weight is 302 g/mol. The molecular weight excluding hydrogens is 292 g/mol. The van der Waals surface area contributed by atoms with E-state index in [0.717, 1.165) is 11.1 Å². The lowest BCUT2D eigenvalue weighted by Gasteiger charge is -2.00. The summed E-state index contributed by atoms with van der Waals surface area (Å²) in [6.07, 6.45) is 3.79. The predicted molar refractivity (Wildman–Crippen MR) is 69.2 cm³/mol. The van der Waals surface area contributed by atoms with Gasteiger partial charge in [0.25, 0.3) is 0 Å². The summed E-state index contributed by atoms with van der Waals surface area (Å²) in [6, 6.07) is 0. The number of amides is 1. The molecule has 0 aliphatic heterocycles. The van der Waals surface area contributed by atoms with Crippen LogP contribution in [0, 0.1) is 0 Å². The summed E-state index contributed by atoms with van der Waals surface area (Å²) < 4.78 is 24.1. The van der Waals surface area contributed by atoms with Crippen LogP contribution < -0.4 is 10.0 Å². The average Bonchev–Trinajstić information content (AvgIpc) is 2.88. The number of carbonyl (C=O) groups is 1. The maximum atomic E-state index is 11.6. The Labute approximate surface area is 112 Å². The number of anilines is 2. The van der Waals surface area contributed by atoms with E-state index in [1.807, 2.05) is 0 Å². The summed E-state index contributed by atoms with van der Waals surface area (Å²) in [5, 5.41) is 12.3. The first-order valence-electron chi connectivity index (χ1n) is 5.00. The molecule has 2 N–H and O–H groups in total. The molecule has 0 saturated heterocycles. The smallest absolute Gasteiger partial charge is 0.249 e. The summed E-state index contributed by atoms with van der Waals surface area (Å²) in [5.41, 5.74) is 0. The summed E-state index contributed by atoms with van der Waals surface area (Å²) in [4.78, 5) is 16.6. The van der Waals surface area contributed by atoms with Gasteiger partial charge in [-0.25, -0.2) is 13.4 Å². The second-order valence-electron chi connectivity index (χ2n) is 3.52. The van der Waals surface area contributed by atoms with E-state index in [1.165, 1.54) is 17.5 Å². The highest BCUT2D eigenvalue weighted by Crippen LogP contribution is 2.10. The first kappa shape index (κ1) is 13.4. The number of carbonyl (C=O) groups excluding carboxylic acids is 1. The third-order valence-corrected chi connectivity index (χ3v) is 3.06. The molecule has 19 heavy (non-hydrogen) atoms. The van der Waals surface area contributed by atoms with Crippen molar-refractivity contribution in [3.63, 3.8) is 0 Å². The molecule has 102 valence electrons. The fourth-order valence-corrected chi connectivity index (χ4v) is 2.20. The Kier molecular flexibility index (Phi) is 3.76. The van der Waals surface area contributed by atoms with Crippen LogP contribution in [0.4, 0.5) is 10.9 Å². The Morgan fingerprint density at radius 1 is 1.53 bits per heavy atom. The van der Waals surface area contributed by atoms with Gasteiger partial charge in [-0.1, -0.05) is 0 Å². The normalized spacial score (nSPS) is 11.2. The van der Waals surface area contributed by atoms with Crippen molar-refractivity contribution in [2.75, 3.05) is 16.3 Å². The molecule has 9 nitrogen and oxygen atoms in total. The van der Waals surface area contributed by atoms with E-state index in [0.29, 0.717) is 5.13 Å². The molecule has 0 aliphatic carbocycles. The second kappa shape index (κ2) is 5.32. The zero-order chi connectivity index (χ0) is 13.9. The number of hydrogen-bond acceptors (Lipinski definition) is 7. The Morgan fingerprint density at radius 3 is 2.95 bits per heavy atom. The van der Waals surface area contributed by atoms with Crippen LogP contribution in [-0.2, 0) is 21.4 Å². The minimum atomic E-state index is -3.41. The second-order valence-corrected chi connectivity index (χ2v) is 6.16. The van der Waals surface area contributed by atoms with Crippen LogP contribution in [0.25, 0.3) is 0 Å². The third kappa shape index (κ3) is 4.30. The van der Waals surface area contributed by atoms with E-state index in [9.17, 15) is 13.2 Å². The highest BCUT2D eigenvalue weighted by Gasteiger charge is 2.09. The van der Waals surface area contributed by atoms with E-state index in [2.05, 4.69) is 25.2 Å². The van der Waals surface area contributed by atoms with Crippen molar-refractivity contribution in [2.24, 2.45) is 0 Å². The Balaban J connectivity index is 1.94. The molecule has 0 fully saturated rings. The highest BCUT2D eigenvalue weighted by atomic mass is 32.2. The minimum absolute atomic E-state index is 0.0598. The van der Waals surface area contributed by atoms with Crippen LogP contribution in [0.2, 0.25) is 0 Å². The molecule has 2 rings (SSSR count). The molecule has 0 saturated carbocycles. The highest BCUT2D eigenvalue weighted by molar-refractivity contribution is 7.92. The number of nitrogens with one attached hydrogen (secondary N) is 2. The van der Waals surface area contributed by atoms with Gasteiger partial charge < -0.3 is 5.32 Å². The molecule has 2 aromatic rings. The Morgan fingerprint density at radius 2 is 2.32 bits per heavy atom. The van der Waals surface area contributed by atoms with Crippen molar-refractivity contribution < 1.29 is 13.2 Å². The Hall–Kier alpha value is -2.01. The first-order chi connectivity index (χ1) is 8.92. The fourth-order valence-electron chi connectivity index (χ4n) is 1.18. The van der Waals surface area contributed by atoms with Crippen molar-refractivity contribution in [1.82, 2.24) is 20.0 Å². The van der Waals surface area contributed by atoms with Crippen LogP contribution in [-0.4, -0.2) is 40.6 Å². The van der Waals surface area contributed by atoms with Gasteiger partial charge in [-0.05, 0) is 0 Å². The predicted octanol–water partition coefficient (Wildman–Crippen LogP) is -0.255. The van der Waals surface area contributed by atoms with Gasteiger partial charge in [0.15, 0.2) is 10.9 Å². The van der Waals surface area contributed by atoms with Gasteiger partial charge in [0, 0.05) is 11.6 Å². The molecule has 1 amide bonds. The van der Waals surface area contributed by atoms with E-state index < -0.39 is 10.0 Å². The molecule has 0 spiro atoms. The molecule has 0 unspecified atom stereocenters. The van der Waals surface area contributed by atoms with Gasteiger partial charge in [0.2, 0.25) is 15.9 Å². The van der Waals surface area contributed by atoms with E-state index in [1.54, 1.807) is 11.6 Å². The van der Waals surface area contributed by atoms with Crippen LogP contribution in [0.1, 0.15) is 0 Å². The molecule has 2 heterocycles. The van der Waals surface area contributed by atoms with Crippen LogP contribution >= 0.6 is 11.3 Å². The summed E-state index contributed by atoms with van der Waals surface area (Å²) in [5.74, 6) is -0.291. The molecule has 0 radical (unpaired) electrons.